The lowest BCUT2D eigenvalue weighted by Gasteiger charge is -2.26. The van der Waals surface area contributed by atoms with Gasteiger partial charge in [-0.15, -0.1) is 0 Å². The fraction of sp³-hybridized carbons (Fsp3) is 0.316. The summed E-state index contributed by atoms with van der Waals surface area (Å²) in [5, 5.41) is 2.68. The summed E-state index contributed by atoms with van der Waals surface area (Å²) in [5.41, 5.74) is 0.854. The first-order chi connectivity index (χ1) is 12.6. The molecule has 2 aromatic carbocycles. The van der Waals surface area contributed by atoms with Crippen molar-refractivity contribution < 1.29 is 17.6 Å². The second-order valence-electron chi connectivity index (χ2n) is 6.54. The standard InChI is InChI=1S/C19H24FN3O3S/c1-13(2)22-27(25,26)16-11-9-15(10-12-16)21-19(24)23(4)14(3)17-7-5-6-8-18(17)20/h5-14,22H,1-4H3,(H,21,24). The molecule has 0 aliphatic carbocycles. The van der Waals surface area contributed by atoms with Gasteiger partial charge in [0.05, 0.1) is 10.9 Å². The molecule has 1 atom stereocenters. The number of carbonyl (C=O) groups excluding carboxylic acids is 1. The Balaban J connectivity index is 2.08. The third-order valence-corrected chi connectivity index (χ3v) is 5.74. The van der Waals surface area contributed by atoms with Crippen LogP contribution in [0.4, 0.5) is 14.9 Å². The van der Waals surface area contributed by atoms with Gasteiger partial charge in [0.1, 0.15) is 5.82 Å². The second kappa shape index (κ2) is 8.49. The highest BCUT2D eigenvalue weighted by Crippen LogP contribution is 2.22. The minimum atomic E-state index is -3.59. The molecule has 2 aromatic rings. The van der Waals surface area contributed by atoms with E-state index in [1.165, 1.54) is 35.2 Å². The molecule has 0 spiro atoms. The maximum absolute atomic E-state index is 13.9. The van der Waals surface area contributed by atoms with Crippen LogP contribution in [0.25, 0.3) is 0 Å². The van der Waals surface area contributed by atoms with Gasteiger partial charge in [-0.2, -0.15) is 0 Å². The minimum Gasteiger partial charge on any atom is -0.321 e. The topological polar surface area (TPSA) is 78.5 Å². The van der Waals surface area contributed by atoms with Crippen molar-refractivity contribution in [3.63, 3.8) is 0 Å². The van der Waals surface area contributed by atoms with Gasteiger partial charge in [0.2, 0.25) is 10.0 Å². The van der Waals surface area contributed by atoms with Crippen molar-refractivity contribution in [3.05, 3.63) is 59.9 Å². The highest BCUT2D eigenvalue weighted by molar-refractivity contribution is 7.89. The molecule has 2 amide bonds. The summed E-state index contributed by atoms with van der Waals surface area (Å²) in [7, 11) is -2.02. The number of amides is 2. The first-order valence-corrected chi connectivity index (χ1v) is 10.0. The molecule has 0 fully saturated rings. The summed E-state index contributed by atoms with van der Waals surface area (Å²) >= 11 is 0. The average Bonchev–Trinajstić information content (AvgIpc) is 2.60. The van der Waals surface area contributed by atoms with Crippen LogP contribution in [0.1, 0.15) is 32.4 Å². The lowest BCUT2D eigenvalue weighted by Crippen LogP contribution is -2.34. The highest BCUT2D eigenvalue weighted by Gasteiger charge is 2.20. The van der Waals surface area contributed by atoms with Crippen molar-refractivity contribution in [3.8, 4) is 0 Å². The number of nitrogens with one attached hydrogen (secondary N) is 2. The number of urea groups is 1. The van der Waals surface area contributed by atoms with Crippen LogP contribution in [-0.2, 0) is 10.0 Å². The monoisotopic (exact) mass is 393 g/mol. The van der Waals surface area contributed by atoms with Gasteiger partial charge in [-0.05, 0) is 51.1 Å². The molecule has 0 heterocycles. The van der Waals surface area contributed by atoms with Crippen molar-refractivity contribution in [2.45, 2.75) is 37.8 Å². The van der Waals surface area contributed by atoms with Crippen LogP contribution in [0.15, 0.2) is 53.4 Å². The largest absolute Gasteiger partial charge is 0.322 e. The van der Waals surface area contributed by atoms with Crippen molar-refractivity contribution in [2.24, 2.45) is 0 Å². The van der Waals surface area contributed by atoms with Crippen molar-refractivity contribution in [1.82, 2.24) is 9.62 Å². The molecule has 0 saturated carbocycles. The molecule has 0 aromatic heterocycles. The molecule has 146 valence electrons. The molecule has 8 heteroatoms. The van der Waals surface area contributed by atoms with E-state index in [0.29, 0.717) is 11.3 Å². The molecular formula is C19H24FN3O3S. The van der Waals surface area contributed by atoms with E-state index >= 15 is 0 Å². The number of anilines is 1. The van der Waals surface area contributed by atoms with Crippen LogP contribution in [0.3, 0.4) is 0 Å². The van der Waals surface area contributed by atoms with E-state index in [0.717, 1.165) is 0 Å². The quantitative estimate of drug-likeness (QED) is 0.785. The van der Waals surface area contributed by atoms with Crippen molar-refractivity contribution in [1.29, 1.82) is 0 Å². The minimum absolute atomic E-state index is 0.113. The predicted octanol–water partition coefficient (Wildman–Crippen LogP) is 3.74. The molecule has 2 rings (SSSR count). The zero-order chi connectivity index (χ0) is 20.2. The zero-order valence-corrected chi connectivity index (χ0v) is 16.5. The second-order valence-corrected chi connectivity index (χ2v) is 8.25. The van der Waals surface area contributed by atoms with E-state index in [1.54, 1.807) is 46.0 Å². The molecule has 0 bridgehead atoms. The molecule has 0 aliphatic heterocycles. The van der Waals surface area contributed by atoms with Crippen LogP contribution in [0.2, 0.25) is 0 Å². The highest BCUT2D eigenvalue weighted by atomic mass is 32.2. The maximum Gasteiger partial charge on any atom is 0.322 e. The number of hydrogen-bond acceptors (Lipinski definition) is 3. The van der Waals surface area contributed by atoms with E-state index in [1.807, 2.05) is 0 Å². The number of sulfonamides is 1. The normalized spacial score (nSPS) is 12.7. The van der Waals surface area contributed by atoms with Gasteiger partial charge in [-0.1, -0.05) is 18.2 Å². The Labute approximate surface area is 159 Å². The summed E-state index contributed by atoms with van der Waals surface area (Å²) in [5.74, 6) is -0.378. The van der Waals surface area contributed by atoms with Crippen LogP contribution in [0.5, 0.6) is 0 Å². The third-order valence-electron chi connectivity index (χ3n) is 4.06. The van der Waals surface area contributed by atoms with Crippen LogP contribution >= 0.6 is 0 Å². The zero-order valence-electron chi connectivity index (χ0n) is 15.7. The Hall–Kier alpha value is -2.45. The summed E-state index contributed by atoms with van der Waals surface area (Å²) in [4.78, 5) is 13.9. The first kappa shape index (κ1) is 20.9. The molecule has 0 saturated heterocycles. The third kappa shape index (κ3) is 5.27. The summed E-state index contributed by atoms with van der Waals surface area (Å²) in [6, 6.07) is 11.0. The Morgan fingerprint density at radius 3 is 2.19 bits per heavy atom. The van der Waals surface area contributed by atoms with Gasteiger partial charge in [-0.3, -0.25) is 0 Å². The number of halogens is 1. The van der Waals surface area contributed by atoms with Gasteiger partial charge in [0.25, 0.3) is 0 Å². The molecular weight excluding hydrogens is 369 g/mol. The average molecular weight is 393 g/mol. The number of carbonyl (C=O) groups is 1. The van der Waals surface area contributed by atoms with Crippen molar-refractivity contribution in [2.75, 3.05) is 12.4 Å². The molecule has 2 N–H and O–H groups in total. The Kier molecular flexibility index (Phi) is 6.56. The molecule has 0 radical (unpaired) electrons. The van der Waals surface area contributed by atoms with E-state index in [9.17, 15) is 17.6 Å². The fourth-order valence-corrected chi connectivity index (χ4v) is 3.76. The van der Waals surface area contributed by atoms with Crippen molar-refractivity contribution >= 4 is 21.7 Å². The predicted molar refractivity (Wildman–Crippen MR) is 103 cm³/mol. The molecule has 6 nitrogen and oxygen atoms in total. The summed E-state index contributed by atoms with van der Waals surface area (Å²) in [6.45, 7) is 5.20. The number of benzene rings is 2. The summed E-state index contributed by atoms with van der Waals surface area (Å²) in [6.07, 6.45) is 0. The van der Waals surface area contributed by atoms with Gasteiger partial charge in [0.15, 0.2) is 0 Å². The van der Waals surface area contributed by atoms with Gasteiger partial charge in [0, 0.05) is 24.3 Å². The van der Waals surface area contributed by atoms with Gasteiger partial charge in [-0.25, -0.2) is 22.3 Å². The lowest BCUT2D eigenvalue weighted by molar-refractivity contribution is 0.207. The Bertz CT molecular complexity index is 899. The van der Waals surface area contributed by atoms with Gasteiger partial charge >= 0.3 is 6.03 Å². The summed E-state index contributed by atoms with van der Waals surface area (Å²) < 4.78 is 40.6. The lowest BCUT2D eigenvalue weighted by atomic mass is 10.1. The molecule has 27 heavy (non-hydrogen) atoms. The van der Waals surface area contributed by atoms with Crippen LogP contribution < -0.4 is 10.0 Å². The fourth-order valence-electron chi connectivity index (χ4n) is 2.51. The Morgan fingerprint density at radius 2 is 1.63 bits per heavy atom. The smallest absolute Gasteiger partial charge is 0.321 e. The molecule has 1 unspecified atom stereocenters. The van der Waals surface area contributed by atoms with E-state index < -0.39 is 22.1 Å². The number of hydrogen-bond donors (Lipinski definition) is 2. The number of nitrogens with zero attached hydrogens (tertiary/aromatic N) is 1. The first-order valence-electron chi connectivity index (χ1n) is 8.52. The van der Waals surface area contributed by atoms with Crippen LogP contribution in [0, 0.1) is 5.82 Å². The van der Waals surface area contributed by atoms with E-state index in [2.05, 4.69) is 10.0 Å². The van der Waals surface area contributed by atoms with E-state index in [-0.39, 0.29) is 16.8 Å². The SMILES string of the molecule is CC(C)NS(=O)(=O)c1ccc(NC(=O)N(C)C(C)c2ccccc2F)cc1. The Morgan fingerprint density at radius 1 is 1.04 bits per heavy atom. The molecule has 0 aliphatic rings. The number of rotatable bonds is 6. The van der Waals surface area contributed by atoms with E-state index in [4.69, 9.17) is 0 Å². The van der Waals surface area contributed by atoms with Crippen LogP contribution in [-0.4, -0.2) is 32.4 Å². The van der Waals surface area contributed by atoms with Gasteiger partial charge < -0.3 is 10.2 Å². The maximum atomic E-state index is 13.9.